The van der Waals surface area contributed by atoms with Crippen LogP contribution >= 0.6 is 0 Å². The molecule has 2 unspecified atom stereocenters. The van der Waals surface area contributed by atoms with Crippen molar-refractivity contribution in [2.45, 2.75) is 38.5 Å². The summed E-state index contributed by atoms with van der Waals surface area (Å²) >= 11 is 0. The lowest BCUT2D eigenvalue weighted by Gasteiger charge is -2.28. The minimum atomic E-state index is -0.801. The van der Waals surface area contributed by atoms with Gasteiger partial charge in [-0.25, -0.2) is 0 Å². The average Bonchev–Trinajstić information content (AvgIpc) is 3.55. The van der Waals surface area contributed by atoms with E-state index in [0.717, 1.165) is 24.0 Å². The molecule has 196 valence electrons. The normalized spacial score (nSPS) is 20.6. The molecule has 3 aromatic rings. The van der Waals surface area contributed by atoms with Gasteiger partial charge in [-0.05, 0) is 55.2 Å². The third kappa shape index (κ3) is 5.02. The van der Waals surface area contributed by atoms with Gasteiger partial charge in [0.25, 0.3) is 11.7 Å². The number of likely N-dealkylation sites (tertiary alicyclic amines) is 1. The van der Waals surface area contributed by atoms with E-state index in [4.69, 9.17) is 14.2 Å². The van der Waals surface area contributed by atoms with Crippen LogP contribution in [0.4, 0.5) is 0 Å². The third-order valence-electron chi connectivity index (χ3n) is 7.08. The van der Waals surface area contributed by atoms with Crippen molar-refractivity contribution in [3.8, 4) is 11.5 Å². The largest absolute Gasteiger partial charge is 0.507 e. The van der Waals surface area contributed by atoms with Crippen LogP contribution < -0.4 is 9.47 Å². The van der Waals surface area contributed by atoms with E-state index in [9.17, 15) is 14.7 Å². The van der Waals surface area contributed by atoms with Crippen LogP contribution in [0.2, 0.25) is 0 Å². The number of aliphatic hydroxyl groups is 1. The van der Waals surface area contributed by atoms with Crippen LogP contribution in [-0.2, 0) is 20.9 Å². The molecule has 1 amide bonds. The monoisotopic (exact) mass is 513 g/mol. The summed E-state index contributed by atoms with van der Waals surface area (Å²) in [6.45, 7) is 3.18. The van der Waals surface area contributed by atoms with Gasteiger partial charge >= 0.3 is 0 Å². The van der Waals surface area contributed by atoms with Gasteiger partial charge in [-0.1, -0.05) is 48.5 Å². The molecule has 2 saturated heterocycles. The van der Waals surface area contributed by atoms with Crippen LogP contribution in [0.15, 0.2) is 78.4 Å². The number of amides is 1. The van der Waals surface area contributed by atoms with Crippen molar-refractivity contribution < 1.29 is 28.9 Å². The number of hydrogen-bond acceptors (Lipinski definition) is 6. The van der Waals surface area contributed by atoms with Crippen LogP contribution in [-0.4, -0.2) is 48.1 Å². The third-order valence-corrected chi connectivity index (χ3v) is 7.08. The molecule has 38 heavy (non-hydrogen) atoms. The highest BCUT2D eigenvalue weighted by Crippen LogP contribution is 2.43. The summed E-state index contributed by atoms with van der Waals surface area (Å²) in [7, 11) is 1.54. The standard InChI is InChI=1S/C31H31NO6/c1-20-17-22(14-15-25(20)38-19-21-9-4-3-5-10-21)29(33)27-28(24-12-6-7-13-26(24)36-2)32(31(35)30(27)34)18-23-11-8-16-37-23/h3-7,9-10,12-15,17,23,28,33H,8,11,16,18-19H2,1-2H3/b29-27+. The summed E-state index contributed by atoms with van der Waals surface area (Å²) in [5.74, 6) is -0.406. The molecule has 2 heterocycles. The fourth-order valence-corrected chi connectivity index (χ4v) is 5.14. The van der Waals surface area contributed by atoms with Crippen molar-refractivity contribution in [2.24, 2.45) is 0 Å². The number of ether oxygens (including phenoxy) is 3. The van der Waals surface area contributed by atoms with Gasteiger partial charge in [-0.2, -0.15) is 0 Å². The Balaban J connectivity index is 1.52. The smallest absolute Gasteiger partial charge is 0.295 e. The summed E-state index contributed by atoms with van der Waals surface area (Å²) in [5.41, 5.74) is 2.95. The van der Waals surface area contributed by atoms with Crippen molar-refractivity contribution >= 4 is 17.4 Å². The lowest BCUT2D eigenvalue weighted by Crippen LogP contribution is -2.36. The molecule has 2 aliphatic heterocycles. The first-order valence-corrected chi connectivity index (χ1v) is 12.8. The molecule has 0 aliphatic carbocycles. The van der Waals surface area contributed by atoms with Crippen LogP contribution in [0.1, 0.15) is 41.1 Å². The second kappa shape index (κ2) is 11.1. The zero-order valence-corrected chi connectivity index (χ0v) is 21.6. The Labute approximate surface area is 222 Å². The Morgan fingerprint density at radius 2 is 1.79 bits per heavy atom. The molecule has 0 aromatic heterocycles. The number of aliphatic hydroxyl groups excluding tert-OH is 1. The number of nitrogens with zero attached hydrogens (tertiary/aromatic N) is 1. The first kappa shape index (κ1) is 25.5. The van der Waals surface area contributed by atoms with Gasteiger partial charge in [0.2, 0.25) is 0 Å². The lowest BCUT2D eigenvalue weighted by molar-refractivity contribution is -0.140. The highest BCUT2D eigenvalue weighted by molar-refractivity contribution is 6.46. The van der Waals surface area contributed by atoms with E-state index in [2.05, 4.69) is 0 Å². The molecule has 1 N–H and O–H groups in total. The molecule has 2 atom stereocenters. The molecular formula is C31H31NO6. The van der Waals surface area contributed by atoms with Crippen molar-refractivity contribution in [3.63, 3.8) is 0 Å². The molecule has 0 saturated carbocycles. The molecule has 7 heteroatoms. The number of carbonyl (C=O) groups excluding carboxylic acids is 2. The van der Waals surface area contributed by atoms with Crippen molar-refractivity contribution in [2.75, 3.05) is 20.3 Å². The fraction of sp³-hybridized carbons (Fsp3) is 0.290. The van der Waals surface area contributed by atoms with Gasteiger partial charge in [-0.3, -0.25) is 9.59 Å². The van der Waals surface area contributed by atoms with Crippen molar-refractivity contribution in [3.05, 3.63) is 101 Å². The number of carbonyl (C=O) groups is 2. The Morgan fingerprint density at radius 1 is 1.03 bits per heavy atom. The number of ketones is 1. The van der Waals surface area contributed by atoms with E-state index in [1.807, 2.05) is 55.5 Å². The number of Topliss-reactive ketones (excluding diaryl/α,β-unsaturated/α-hetero) is 1. The highest BCUT2D eigenvalue weighted by atomic mass is 16.5. The van der Waals surface area contributed by atoms with Crippen molar-refractivity contribution in [1.29, 1.82) is 0 Å². The number of aryl methyl sites for hydroxylation is 1. The predicted molar refractivity (Wildman–Crippen MR) is 143 cm³/mol. The average molecular weight is 514 g/mol. The topological polar surface area (TPSA) is 85.3 Å². The van der Waals surface area contributed by atoms with Gasteiger partial charge in [0.15, 0.2) is 0 Å². The minimum Gasteiger partial charge on any atom is -0.507 e. The first-order valence-electron chi connectivity index (χ1n) is 12.8. The Kier molecular flexibility index (Phi) is 7.47. The number of benzene rings is 3. The molecular weight excluding hydrogens is 482 g/mol. The van der Waals surface area contributed by atoms with E-state index in [0.29, 0.717) is 35.8 Å². The second-order valence-electron chi connectivity index (χ2n) is 9.58. The van der Waals surface area contributed by atoms with Crippen LogP contribution in [0.3, 0.4) is 0 Å². The highest BCUT2D eigenvalue weighted by Gasteiger charge is 2.48. The van der Waals surface area contributed by atoms with Crippen molar-refractivity contribution in [1.82, 2.24) is 4.90 Å². The summed E-state index contributed by atoms with van der Waals surface area (Å²) < 4.78 is 17.3. The Bertz CT molecular complexity index is 1360. The summed E-state index contributed by atoms with van der Waals surface area (Å²) in [6.07, 6.45) is 1.56. The maximum atomic E-state index is 13.4. The number of para-hydroxylation sites is 1. The van der Waals surface area contributed by atoms with Crippen LogP contribution in [0.5, 0.6) is 11.5 Å². The zero-order valence-electron chi connectivity index (χ0n) is 21.6. The van der Waals surface area contributed by atoms with E-state index < -0.39 is 17.7 Å². The molecule has 2 fully saturated rings. The van der Waals surface area contributed by atoms with Crippen LogP contribution in [0.25, 0.3) is 5.76 Å². The molecule has 0 spiro atoms. The number of hydrogen-bond donors (Lipinski definition) is 1. The SMILES string of the molecule is COc1ccccc1C1/C(=C(\O)c2ccc(OCc3ccccc3)c(C)c2)C(=O)C(=O)N1CC1CCCO1. The van der Waals surface area contributed by atoms with Crippen LogP contribution in [0, 0.1) is 6.92 Å². The molecule has 5 rings (SSSR count). The summed E-state index contributed by atoms with van der Waals surface area (Å²) in [5, 5.41) is 11.5. The number of methoxy groups -OCH3 is 1. The van der Waals surface area contributed by atoms with E-state index in [1.165, 1.54) is 4.90 Å². The summed E-state index contributed by atoms with van der Waals surface area (Å²) in [4.78, 5) is 28.2. The maximum absolute atomic E-state index is 13.4. The van der Waals surface area contributed by atoms with Gasteiger partial charge in [0.1, 0.15) is 23.9 Å². The molecule has 2 aliphatic rings. The van der Waals surface area contributed by atoms with E-state index in [1.54, 1.807) is 31.4 Å². The molecule has 7 nitrogen and oxygen atoms in total. The predicted octanol–water partition coefficient (Wildman–Crippen LogP) is 5.18. The van der Waals surface area contributed by atoms with Gasteiger partial charge in [0, 0.05) is 24.3 Å². The fourth-order valence-electron chi connectivity index (χ4n) is 5.14. The van der Waals surface area contributed by atoms with Gasteiger partial charge < -0.3 is 24.2 Å². The lowest BCUT2D eigenvalue weighted by atomic mass is 9.94. The Morgan fingerprint density at radius 3 is 2.50 bits per heavy atom. The first-order chi connectivity index (χ1) is 18.5. The maximum Gasteiger partial charge on any atom is 0.295 e. The molecule has 0 radical (unpaired) electrons. The molecule has 3 aromatic carbocycles. The van der Waals surface area contributed by atoms with Gasteiger partial charge in [-0.15, -0.1) is 0 Å². The second-order valence-corrected chi connectivity index (χ2v) is 9.58. The van der Waals surface area contributed by atoms with Gasteiger partial charge in [0.05, 0.1) is 24.8 Å². The zero-order chi connectivity index (χ0) is 26.6. The van der Waals surface area contributed by atoms with E-state index in [-0.39, 0.29) is 24.0 Å². The Hall–Kier alpha value is -4.10. The number of rotatable bonds is 8. The molecule has 0 bridgehead atoms. The minimum absolute atomic E-state index is 0.0369. The summed E-state index contributed by atoms with van der Waals surface area (Å²) in [6, 6.07) is 21.5. The van der Waals surface area contributed by atoms with E-state index >= 15 is 0 Å². The quantitative estimate of drug-likeness (QED) is 0.254.